The third kappa shape index (κ3) is 8.41. The molecule has 0 bridgehead atoms. The van der Waals surface area contributed by atoms with Crippen molar-refractivity contribution in [2.75, 3.05) is 13.2 Å². The SMILES string of the molecule is CCCc1ccc(OCC(O)CNC(C)(C)C)cc1.Cl. The van der Waals surface area contributed by atoms with E-state index in [1.165, 1.54) is 5.56 Å². The van der Waals surface area contributed by atoms with E-state index >= 15 is 0 Å². The molecule has 0 radical (unpaired) electrons. The van der Waals surface area contributed by atoms with Crippen LogP contribution in [0.15, 0.2) is 24.3 Å². The maximum Gasteiger partial charge on any atom is 0.119 e. The van der Waals surface area contributed by atoms with Crippen molar-refractivity contribution in [2.45, 2.75) is 52.2 Å². The second-order valence-electron chi connectivity index (χ2n) is 5.99. The summed E-state index contributed by atoms with van der Waals surface area (Å²) in [6, 6.07) is 8.10. The molecule has 1 aromatic rings. The van der Waals surface area contributed by atoms with Crippen LogP contribution in [0.25, 0.3) is 0 Å². The molecule has 1 aromatic carbocycles. The first kappa shape index (κ1) is 19.2. The number of aliphatic hydroxyl groups is 1. The largest absolute Gasteiger partial charge is 0.491 e. The molecule has 0 heterocycles. The van der Waals surface area contributed by atoms with Gasteiger partial charge in [0.25, 0.3) is 0 Å². The van der Waals surface area contributed by atoms with Crippen molar-refractivity contribution in [3.05, 3.63) is 29.8 Å². The lowest BCUT2D eigenvalue weighted by molar-refractivity contribution is 0.100. The highest BCUT2D eigenvalue weighted by Gasteiger charge is 2.12. The van der Waals surface area contributed by atoms with E-state index in [-0.39, 0.29) is 17.9 Å². The minimum atomic E-state index is -0.491. The Morgan fingerprint density at radius 1 is 1.20 bits per heavy atom. The highest BCUT2D eigenvalue weighted by molar-refractivity contribution is 5.85. The molecule has 0 aromatic heterocycles. The number of ether oxygens (including phenoxy) is 1. The van der Waals surface area contributed by atoms with Crippen molar-refractivity contribution in [1.82, 2.24) is 5.32 Å². The molecule has 1 unspecified atom stereocenters. The number of rotatable bonds is 7. The van der Waals surface area contributed by atoms with Crippen LogP contribution in [-0.4, -0.2) is 29.9 Å². The summed E-state index contributed by atoms with van der Waals surface area (Å²) in [7, 11) is 0. The predicted molar refractivity (Wildman–Crippen MR) is 86.9 cm³/mol. The Bertz CT molecular complexity index is 360. The molecule has 1 rings (SSSR count). The van der Waals surface area contributed by atoms with Gasteiger partial charge in [0, 0.05) is 12.1 Å². The molecule has 2 N–H and O–H groups in total. The molecule has 3 nitrogen and oxygen atoms in total. The molecule has 1 atom stereocenters. The number of hydrogen-bond acceptors (Lipinski definition) is 3. The van der Waals surface area contributed by atoms with Crippen molar-refractivity contribution >= 4 is 12.4 Å². The molecular formula is C16H28ClNO2. The summed E-state index contributed by atoms with van der Waals surface area (Å²) in [6.45, 7) is 9.25. The Morgan fingerprint density at radius 3 is 2.30 bits per heavy atom. The maximum atomic E-state index is 9.83. The molecule has 116 valence electrons. The van der Waals surface area contributed by atoms with Gasteiger partial charge in [0.1, 0.15) is 18.5 Å². The smallest absolute Gasteiger partial charge is 0.119 e. The minimum Gasteiger partial charge on any atom is -0.491 e. The van der Waals surface area contributed by atoms with Gasteiger partial charge in [0.15, 0.2) is 0 Å². The topological polar surface area (TPSA) is 41.5 Å². The summed E-state index contributed by atoms with van der Waals surface area (Å²) >= 11 is 0. The molecule has 20 heavy (non-hydrogen) atoms. The van der Waals surface area contributed by atoms with Crippen molar-refractivity contribution in [1.29, 1.82) is 0 Å². The summed E-state index contributed by atoms with van der Waals surface area (Å²) in [5.41, 5.74) is 1.34. The minimum absolute atomic E-state index is 0. The Kier molecular flexibility index (Phi) is 8.86. The number of benzene rings is 1. The zero-order chi connectivity index (χ0) is 14.3. The number of aliphatic hydroxyl groups excluding tert-OH is 1. The summed E-state index contributed by atoms with van der Waals surface area (Å²) in [5, 5.41) is 13.1. The number of hydrogen-bond donors (Lipinski definition) is 2. The van der Waals surface area contributed by atoms with Crippen LogP contribution >= 0.6 is 12.4 Å². The van der Waals surface area contributed by atoms with Gasteiger partial charge in [-0.25, -0.2) is 0 Å². The van der Waals surface area contributed by atoms with E-state index in [9.17, 15) is 5.11 Å². The van der Waals surface area contributed by atoms with Crippen LogP contribution in [0, 0.1) is 0 Å². The summed E-state index contributed by atoms with van der Waals surface area (Å²) in [5.74, 6) is 0.815. The van der Waals surface area contributed by atoms with Gasteiger partial charge >= 0.3 is 0 Å². The molecular weight excluding hydrogens is 274 g/mol. The molecule has 0 aliphatic heterocycles. The number of nitrogens with one attached hydrogen (secondary N) is 1. The molecule has 0 aliphatic rings. The van der Waals surface area contributed by atoms with Gasteiger partial charge in [0.2, 0.25) is 0 Å². The average molecular weight is 302 g/mol. The fraction of sp³-hybridized carbons (Fsp3) is 0.625. The van der Waals surface area contributed by atoms with Gasteiger partial charge in [-0.15, -0.1) is 12.4 Å². The molecule has 0 saturated heterocycles. The third-order valence-corrected chi connectivity index (χ3v) is 2.77. The molecule has 0 spiro atoms. The molecule has 0 fully saturated rings. The summed E-state index contributed by atoms with van der Waals surface area (Å²) in [4.78, 5) is 0. The van der Waals surface area contributed by atoms with E-state index < -0.39 is 6.10 Å². The van der Waals surface area contributed by atoms with Gasteiger partial charge in [-0.3, -0.25) is 0 Å². The fourth-order valence-electron chi connectivity index (χ4n) is 1.72. The van der Waals surface area contributed by atoms with Crippen molar-refractivity contribution in [3.63, 3.8) is 0 Å². The van der Waals surface area contributed by atoms with Crippen molar-refractivity contribution < 1.29 is 9.84 Å². The van der Waals surface area contributed by atoms with Crippen LogP contribution in [0.4, 0.5) is 0 Å². The Morgan fingerprint density at radius 2 is 1.80 bits per heavy atom. The van der Waals surface area contributed by atoms with E-state index in [4.69, 9.17) is 4.74 Å². The maximum absolute atomic E-state index is 9.83. The van der Waals surface area contributed by atoms with Crippen molar-refractivity contribution in [2.24, 2.45) is 0 Å². The van der Waals surface area contributed by atoms with Gasteiger partial charge in [-0.1, -0.05) is 25.5 Å². The molecule has 0 aliphatic carbocycles. The monoisotopic (exact) mass is 301 g/mol. The third-order valence-electron chi connectivity index (χ3n) is 2.77. The lowest BCUT2D eigenvalue weighted by Crippen LogP contribution is -2.42. The van der Waals surface area contributed by atoms with Gasteiger partial charge in [-0.2, -0.15) is 0 Å². The zero-order valence-electron chi connectivity index (χ0n) is 13.0. The summed E-state index contributed by atoms with van der Waals surface area (Å²) < 4.78 is 5.58. The second kappa shape index (κ2) is 9.22. The Balaban J connectivity index is 0.00000361. The van der Waals surface area contributed by atoms with Gasteiger partial charge in [-0.05, 0) is 44.9 Å². The zero-order valence-corrected chi connectivity index (χ0v) is 13.8. The average Bonchev–Trinajstić information content (AvgIpc) is 2.35. The van der Waals surface area contributed by atoms with E-state index in [1.807, 2.05) is 12.1 Å². The van der Waals surface area contributed by atoms with E-state index in [0.717, 1.165) is 18.6 Å². The Labute approximate surface area is 129 Å². The lowest BCUT2D eigenvalue weighted by Gasteiger charge is -2.23. The van der Waals surface area contributed by atoms with E-state index in [1.54, 1.807) is 0 Å². The first-order valence-electron chi connectivity index (χ1n) is 7.05. The Hall–Kier alpha value is -0.770. The summed E-state index contributed by atoms with van der Waals surface area (Å²) in [6.07, 6.45) is 1.75. The van der Waals surface area contributed by atoms with Crippen LogP contribution in [-0.2, 0) is 6.42 Å². The van der Waals surface area contributed by atoms with Crippen molar-refractivity contribution in [3.8, 4) is 5.75 Å². The van der Waals surface area contributed by atoms with E-state index in [2.05, 4.69) is 45.1 Å². The van der Waals surface area contributed by atoms with E-state index in [0.29, 0.717) is 13.2 Å². The normalized spacial score (nSPS) is 12.7. The number of halogens is 1. The lowest BCUT2D eigenvalue weighted by atomic mass is 10.1. The first-order valence-corrected chi connectivity index (χ1v) is 7.05. The van der Waals surface area contributed by atoms with Crippen LogP contribution in [0.1, 0.15) is 39.7 Å². The highest BCUT2D eigenvalue weighted by atomic mass is 35.5. The van der Waals surface area contributed by atoms with Gasteiger partial charge in [0.05, 0.1) is 0 Å². The molecule has 4 heteroatoms. The van der Waals surface area contributed by atoms with Gasteiger partial charge < -0.3 is 15.2 Å². The fourth-order valence-corrected chi connectivity index (χ4v) is 1.72. The predicted octanol–water partition coefficient (Wildman–Crippen LogP) is 3.19. The quantitative estimate of drug-likeness (QED) is 0.813. The number of β-amino-alcohol motifs (C(OH)–C–C–N with tert-alkyl or cyclic N) is 1. The van der Waals surface area contributed by atoms with Crippen LogP contribution in [0.3, 0.4) is 0 Å². The van der Waals surface area contributed by atoms with Crippen LogP contribution in [0.5, 0.6) is 5.75 Å². The first-order chi connectivity index (χ1) is 8.90. The second-order valence-corrected chi connectivity index (χ2v) is 5.99. The van der Waals surface area contributed by atoms with Crippen LogP contribution in [0.2, 0.25) is 0 Å². The molecule has 0 saturated carbocycles. The highest BCUT2D eigenvalue weighted by Crippen LogP contribution is 2.13. The number of aryl methyl sites for hydroxylation is 1. The molecule has 0 amide bonds. The van der Waals surface area contributed by atoms with Crippen LogP contribution < -0.4 is 10.1 Å². The standard InChI is InChI=1S/C16H27NO2.ClH/c1-5-6-13-7-9-15(10-8-13)19-12-14(18)11-17-16(2,3)4;/h7-10,14,17-18H,5-6,11-12H2,1-4H3;1H.